The third-order valence-corrected chi connectivity index (χ3v) is 9.39. The molecule has 3 N–H and O–H groups in total. The van der Waals surface area contributed by atoms with Crippen molar-refractivity contribution in [1.82, 2.24) is 9.62 Å². The zero-order chi connectivity index (χ0) is 29.9. The van der Waals surface area contributed by atoms with E-state index in [1.54, 1.807) is 0 Å². The monoisotopic (exact) mass is 586 g/mol. The van der Waals surface area contributed by atoms with Crippen molar-refractivity contribution < 1.29 is 32.2 Å². The molecule has 0 saturated carbocycles. The highest BCUT2D eigenvalue weighted by molar-refractivity contribution is 7.89. The van der Waals surface area contributed by atoms with Gasteiger partial charge in [0.1, 0.15) is 16.5 Å². The van der Waals surface area contributed by atoms with Crippen molar-refractivity contribution in [3.8, 4) is 11.1 Å². The molecule has 0 heterocycles. The molecular weight excluding hydrogens is 550 g/mol. The maximum absolute atomic E-state index is 15.0. The van der Waals surface area contributed by atoms with Crippen molar-refractivity contribution in [2.24, 2.45) is 5.92 Å². The lowest BCUT2D eigenvalue weighted by atomic mass is 9.88. The third-order valence-electron chi connectivity index (χ3n) is 7.55. The number of nitrogens with one attached hydrogen (secondary N) is 1. The molecule has 1 aliphatic carbocycles. The lowest BCUT2D eigenvalue weighted by molar-refractivity contribution is -0.136. The summed E-state index contributed by atoms with van der Waals surface area (Å²) in [6.45, 7) is 3.90. The van der Waals surface area contributed by atoms with Gasteiger partial charge in [0, 0.05) is 31.2 Å². The van der Waals surface area contributed by atoms with E-state index in [9.17, 15) is 22.7 Å². The number of benzene rings is 3. The Morgan fingerprint density at radius 3 is 2.24 bits per heavy atom. The van der Waals surface area contributed by atoms with E-state index in [2.05, 4.69) is 17.4 Å². The number of fused-ring (bicyclic) bond motifs is 1. The van der Waals surface area contributed by atoms with Gasteiger partial charge in [-0.2, -0.15) is 4.31 Å². The molecule has 3 aromatic carbocycles. The lowest BCUT2D eigenvalue weighted by Crippen LogP contribution is -2.47. The molecule has 1 atom stereocenters. The number of hydrogen-bond acceptors (Lipinski definition) is 5. The fourth-order valence-electron chi connectivity index (χ4n) is 5.53. The number of aliphatic carboxylic acids is 1. The summed E-state index contributed by atoms with van der Waals surface area (Å²) >= 11 is 0. The normalized spacial score (nSPS) is 14.8. The first kappa shape index (κ1) is 30.8. The Hall–Kier alpha value is -3.18. The smallest absolute Gasteiger partial charge is 0.307 e. The number of aliphatic hydroxyl groups excluding tert-OH is 1. The van der Waals surface area contributed by atoms with Crippen molar-refractivity contribution in [2.75, 3.05) is 20.1 Å². The first-order chi connectivity index (χ1) is 19.2. The summed E-state index contributed by atoms with van der Waals surface area (Å²) in [5.74, 6) is -2.62. The molecule has 7 nitrogen and oxygen atoms in total. The van der Waals surface area contributed by atoms with Crippen LogP contribution < -0.4 is 5.32 Å². The predicted octanol–water partition coefficient (Wildman–Crippen LogP) is 4.41. The highest BCUT2D eigenvalue weighted by Gasteiger charge is 2.31. The predicted molar refractivity (Wildman–Crippen MR) is 153 cm³/mol. The Morgan fingerprint density at radius 2 is 1.66 bits per heavy atom. The largest absolute Gasteiger partial charge is 0.481 e. The Kier molecular flexibility index (Phi) is 9.28. The number of hydrogen-bond donors (Lipinski definition) is 3. The van der Waals surface area contributed by atoms with Gasteiger partial charge in [-0.25, -0.2) is 17.2 Å². The minimum Gasteiger partial charge on any atom is -0.481 e. The van der Waals surface area contributed by atoms with Crippen LogP contribution in [0, 0.1) is 17.6 Å². The van der Waals surface area contributed by atoms with Crippen molar-refractivity contribution in [2.45, 2.75) is 56.1 Å². The third kappa shape index (κ3) is 7.56. The number of halogens is 2. The van der Waals surface area contributed by atoms with Gasteiger partial charge in [0.05, 0.1) is 12.5 Å². The summed E-state index contributed by atoms with van der Waals surface area (Å²) in [5.41, 5.74) is 3.04. The minimum absolute atomic E-state index is 0.125. The van der Waals surface area contributed by atoms with Crippen LogP contribution in [0.3, 0.4) is 0 Å². The molecule has 3 aromatic rings. The van der Waals surface area contributed by atoms with E-state index in [0.29, 0.717) is 17.5 Å². The van der Waals surface area contributed by atoms with Crippen LogP contribution in [-0.2, 0) is 34.1 Å². The van der Waals surface area contributed by atoms with Gasteiger partial charge in [-0.1, -0.05) is 48.5 Å². The van der Waals surface area contributed by atoms with Gasteiger partial charge in [0.15, 0.2) is 0 Å². The number of carboxylic acid groups (broad SMARTS) is 1. The van der Waals surface area contributed by atoms with Crippen LogP contribution in [0.2, 0.25) is 0 Å². The van der Waals surface area contributed by atoms with Gasteiger partial charge in [0.2, 0.25) is 10.0 Å². The number of nitrogens with zero attached hydrogens (tertiary/aromatic N) is 1. The molecule has 10 heteroatoms. The number of rotatable bonds is 12. The van der Waals surface area contributed by atoms with Gasteiger partial charge in [-0.05, 0) is 73.4 Å². The van der Waals surface area contributed by atoms with Crippen LogP contribution in [0.25, 0.3) is 11.1 Å². The maximum Gasteiger partial charge on any atom is 0.307 e. The maximum atomic E-state index is 15.0. The number of β-amino-alcohol motifs (C(OH)–C–C–N with tert-alkyl or cyclic N) is 1. The SMILES string of the molecule is CN(CC(O)CNC(C)(C)CC1Cc2ccccc2C1)S(=O)(=O)c1cc(F)c(-c2ccc(CC(=O)O)cc2)cc1F. The molecule has 1 unspecified atom stereocenters. The van der Waals surface area contributed by atoms with Crippen molar-refractivity contribution in [1.29, 1.82) is 0 Å². The minimum atomic E-state index is -4.44. The van der Waals surface area contributed by atoms with E-state index in [-0.39, 0.29) is 36.2 Å². The average Bonchev–Trinajstić information content (AvgIpc) is 3.30. The molecular formula is C31H36F2N2O5S. The molecule has 41 heavy (non-hydrogen) atoms. The fraction of sp³-hybridized carbons (Fsp3) is 0.387. The second-order valence-electron chi connectivity index (χ2n) is 11.5. The molecule has 0 aliphatic heterocycles. The second-order valence-corrected chi connectivity index (χ2v) is 13.5. The zero-order valence-corrected chi connectivity index (χ0v) is 24.2. The van der Waals surface area contributed by atoms with E-state index < -0.39 is 38.6 Å². The van der Waals surface area contributed by atoms with Crippen LogP contribution in [0.4, 0.5) is 8.78 Å². The number of likely N-dealkylation sites (N-methyl/N-ethyl adjacent to an activating group) is 1. The first-order valence-corrected chi connectivity index (χ1v) is 15.0. The standard InChI is InChI=1S/C31H36F2N2O5S/c1-31(2,17-21-12-23-6-4-5-7-24(23)13-21)34-18-25(36)19-35(3)41(39,40)29-16-27(32)26(15-28(29)33)22-10-8-20(9-11-22)14-30(37)38/h4-11,15-16,21,25,34,36H,12-14,17-19H2,1-3H3,(H,37,38). The Bertz CT molecular complexity index is 1480. The van der Waals surface area contributed by atoms with Crippen LogP contribution in [-0.4, -0.2) is 60.7 Å². The molecule has 0 radical (unpaired) electrons. The highest BCUT2D eigenvalue weighted by atomic mass is 32.2. The Balaban J connectivity index is 1.36. The van der Waals surface area contributed by atoms with Crippen molar-refractivity contribution in [3.05, 3.63) is 89.0 Å². The van der Waals surface area contributed by atoms with Crippen molar-refractivity contribution in [3.63, 3.8) is 0 Å². The average molecular weight is 587 g/mol. The number of carbonyl (C=O) groups is 1. The Morgan fingerprint density at radius 1 is 1.05 bits per heavy atom. The van der Waals surface area contributed by atoms with Crippen LogP contribution in [0.1, 0.15) is 37.0 Å². The quantitative estimate of drug-likeness (QED) is 0.290. The summed E-state index contributed by atoms with van der Waals surface area (Å²) in [6, 6.07) is 15.7. The van der Waals surface area contributed by atoms with Crippen LogP contribution >= 0.6 is 0 Å². The van der Waals surface area contributed by atoms with Crippen LogP contribution in [0.5, 0.6) is 0 Å². The second kappa shape index (κ2) is 12.4. The molecule has 0 fully saturated rings. The van der Waals surface area contributed by atoms with E-state index in [4.69, 9.17) is 5.11 Å². The first-order valence-electron chi connectivity index (χ1n) is 13.5. The number of sulfonamides is 1. The van der Waals surface area contributed by atoms with E-state index in [1.807, 2.05) is 26.0 Å². The van der Waals surface area contributed by atoms with E-state index in [0.717, 1.165) is 29.6 Å². The van der Waals surface area contributed by atoms with Gasteiger partial charge >= 0.3 is 5.97 Å². The highest BCUT2D eigenvalue weighted by Crippen LogP contribution is 2.32. The molecule has 0 aromatic heterocycles. The topological polar surface area (TPSA) is 107 Å². The van der Waals surface area contributed by atoms with Crippen LogP contribution in [0.15, 0.2) is 65.6 Å². The van der Waals surface area contributed by atoms with Gasteiger partial charge in [-0.3, -0.25) is 4.79 Å². The summed E-state index contributed by atoms with van der Waals surface area (Å²) in [6.07, 6.45) is 1.59. The zero-order valence-electron chi connectivity index (χ0n) is 23.4. The summed E-state index contributed by atoms with van der Waals surface area (Å²) < 4.78 is 57.0. The van der Waals surface area contributed by atoms with E-state index in [1.165, 1.54) is 42.4 Å². The Labute approximate surface area is 239 Å². The molecule has 220 valence electrons. The fourth-order valence-corrected chi connectivity index (χ4v) is 6.80. The molecule has 0 saturated heterocycles. The molecule has 4 rings (SSSR count). The van der Waals surface area contributed by atoms with Gasteiger partial charge in [0.25, 0.3) is 0 Å². The van der Waals surface area contributed by atoms with Gasteiger partial charge in [-0.15, -0.1) is 0 Å². The molecule has 0 spiro atoms. The van der Waals surface area contributed by atoms with Gasteiger partial charge < -0.3 is 15.5 Å². The molecule has 0 bridgehead atoms. The number of aliphatic hydroxyl groups is 1. The summed E-state index contributed by atoms with van der Waals surface area (Å²) in [5, 5.41) is 22.8. The molecule has 1 aliphatic rings. The summed E-state index contributed by atoms with van der Waals surface area (Å²) in [7, 11) is -3.23. The van der Waals surface area contributed by atoms with Crippen molar-refractivity contribution >= 4 is 16.0 Å². The molecule has 0 amide bonds. The lowest BCUT2D eigenvalue weighted by Gasteiger charge is -2.31. The summed E-state index contributed by atoms with van der Waals surface area (Å²) in [4.78, 5) is 10.0. The van der Waals surface area contributed by atoms with E-state index >= 15 is 4.39 Å². The number of carboxylic acids is 1.